The van der Waals surface area contributed by atoms with Gasteiger partial charge >= 0.3 is 6.03 Å². The number of rotatable bonds is 2. The number of carbonyl (C=O) groups is 2. The van der Waals surface area contributed by atoms with E-state index in [9.17, 15) is 9.59 Å². The summed E-state index contributed by atoms with van der Waals surface area (Å²) < 4.78 is 5.23. The lowest BCUT2D eigenvalue weighted by atomic mass is 9.99. The minimum atomic E-state index is -0.518. The molecule has 2 heterocycles. The number of benzene rings is 1. The third-order valence-corrected chi connectivity index (χ3v) is 4.45. The smallest absolute Gasteiger partial charge is 0.318 e. The number of nitrogens with zero attached hydrogens (tertiary/aromatic N) is 2. The molecule has 0 bridgehead atoms. The van der Waals surface area contributed by atoms with E-state index in [4.69, 9.17) is 4.74 Å². The Kier molecular flexibility index (Phi) is 4.81. The standard InChI is InChI=1S/C17H23N3O3/c1-13(18-17(22)19-8-10-23-11-9-19)16(21)20-7-6-14-4-2-3-5-15(14)12-20/h2-5,13H,6-12H2,1H3,(H,18,22)/t13-/m0/s1. The average Bonchev–Trinajstić information content (AvgIpc) is 2.61. The normalized spacial score (nSPS) is 19.0. The number of amides is 3. The van der Waals surface area contributed by atoms with Gasteiger partial charge in [0.15, 0.2) is 0 Å². The molecule has 0 radical (unpaired) electrons. The fraction of sp³-hybridized carbons (Fsp3) is 0.529. The molecular weight excluding hydrogens is 294 g/mol. The van der Waals surface area contributed by atoms with Crippen molar-refractivity contribution in [2.24, 2.45) is 0 Å². The van der Waals surface area contributed by atoms with Gasteiger partial charge in [-0.25, -0.2) is 4.79 Å². The second kappa shape index (κ2) is 7.00. The second-order valence-electron chi connectivity index (χ2n) is 6.05. The van der Waals surface area contributed by atoms with Crippen molar-refractivity contribution >= 4 is 11.9 Å². The highest BCUT2D eigenvalue weighted by Gasteiger charge is 2.27. The van der Waals surface area contributed by atoms with Crippen LogP contribution in [0.15, 0.2) is 24.3 Å². The number of fused-ring (bicyclic) bond motifs is 1. The maximum atomic E-state index is 12.6. The van der Waals surface area contributed by atoms with E-state index >= 15 is 0 Å². The van der Waals surface area contributed by atoms with E-state index in [1.54, 1.807) is 11.8 Å². The van der Waals surface area contributed by atoms with Crippen LogP contribution in [0.3, 0.4) is 0 Å². The highest BCUT2D eigenvalue weighted by atomic mass is 16.5. The van der Waals surface area contributed by atoms with Gasteiger partial charge in [-0.2, -0.15) is 0 Å². The molecule has 6 nitrogen and oxygen atoms in total. The van der Waals surface area contributed by atoms with Crippen LogP contribution >= 0.6 is 0 Å². The van der Waals surface area contributed by atoms with E-state index in [0.717, 1.165) is 6.42 Å². The molecule has 0 saturated carbocycles. The van der Waals surface area contributed by atoms with Gasteiger partial charge in [-0.15, -0.1) is 0 Å². The van der Waals surface area contributed by atoms with Gasteiger partial charge in [-0.1, -0.05) is 24.3 Å². The Bertz CT molecular complexity index is 584. The molecule has 2 aliphatic rings. The van der Waals surface area contributed by atoms with E-state index in [1.807, 2.05) is 17.0 Å². The topological polar surface area (TPSA) is 61.9 Å². The predicted molar refractivity (Wildman–Crippen MR) is 85.9 cm³/mol. The number of morpholine rings is 1. The first-order valence-electron chi connectivity index (χ1n) is 8.14. The van der Waals surface area contributed by atoms with Crippen LogP contribution in [0.2, 0.25) is 0 Å². The SMILES string of the molecule is C[C@H](NC(=O)N1CCOCC1)C(=O)N1CCc2ccccc2C1. The van der Waals surface area contributed by atoms with Crippen LogP contribution in [0.25, 0.3) is 0 Å². The number of ether oxygens (including phenoxy) is 1. The lowest BCUT2D eigenvalue weighted by Crippen LogP contribution is -2.53. The van der Waals surface area contributed by atoms with E-state index < -0.39 is 6.04 Å². The predicted octanol–water partition coefficient (Wildman–Crippen LogP) is 1.00. The zero-order valence-corrected chi connectivity index (χ0v) is 13.5. The average molecular weight is 317 g/mol. The van der Waals surface area contributed by atoms with Crippen LogP contribution in [-0.2, 0) is 22.5 Å². The summed E-state index contributed by atoms with van der Waals surface area (Å²) in [6, 6.07) is 7.49. The summed E-state index contributed by atoms with van der Waals surface area (Å²) in [6.07, 6.45) is 0.867. The van der Waals surface area contributed by atoms with Crippen molar-refractivity contribution in [3.63, 3.8) is 0 Å². The first-order valence-corrected chi connectivity index (χ1v) is 8.14. The monoisotopic (exact) mass is 317 g/mol. The van der Waals surface area contributed by atoms with Crippen LogP contribution in [0.5, 0.6) is 0 Å². The van der Waals surface area contributed by atoms with E-state index in [2.05, 4.69) is 17.4 Å². The zero-order valence-electron chi connectivity index (χ0n) is 13.5. The van der Waals surface area contributed by atoms with Crippen LogP contribution in [-0.4, -0.2) is 60.6 Å². The largest absolute Gasteiger partial charge is 0.378 e. The maximum Gasteiger partial charge on any atom is 0.318 e. The molecule has 1 aromatic carbocycles. The number of hydrogen-bond acceptors (Lipinski definition) is 3. The Morgan fingerprint density at radius 1 is 1.09 bits per heavy atom. The Morgan fingerprint density at radius 3 is 2.52 bits per heavy atom. The first kappa shape index (κ1) is 15.8. The van der Waals surface area contributed by atoms with Gasteiger partial charge in [0, 0.05) is 26.2 Å². The molecule has 2 aliphatic heterocycles. The summed E-state index contributed by atoms with van der Waals surface area (Å²) in [4.78, 5) is 28.3. The summed E-state index contributed by atoms with van der Waals surface area (Å²) in [5, 5.41) is 2.81. The Balaban J connectivity index is 1.56. The van der Waals surface area contributed by atoms with Crippen LogP contribution in [0, 0.1) is 0 Å². The van der Waals surface area contributed by atoms with Crippen molar-refractivity contribution in [1.82, 2.24) is 15.1 Å². The molecule has 0 unspecified atom stereocenters. The van der Waals surface area contributed by atoms with Crippen molar-refractivity contribution in [3.8, 4) is 0 Å². The van der Waals surface area contributed by atoms with Crippen LogP contribution in [0.1, 0.15) is 18.1 Å². The van der Waals surface area contributed by atoms with Crippen molar-refractivity contribution in [3.05, 3.63) is 35.4 Å². The molecule has 0 aliphatic carbocycles. The van der Waals surface area contributed by atoms with Crippen molar-refractivity contribution in [2.45, 2.75) is 25.9 Å². The molecule has 1 N–H and O–H groups in total. The number of hydrogen-bond donors (Lipinski definition) is 1. The van der Waals surface area contributed by atoms with E-state index in [0.29, 0.717) is 39.4 Å². The van der Waals surface area contributed by atoms with Gasteiger partial charge < -0.3 is 19.9 Å². The third-order valence-electron chi connectivity index (χ3n) is 4.45. The van der Waals surface area contributed by atoms with Gasteiger partial charge in [0.1, 0.15) is 6.04 Å². The highest BCUT2D eigenvalue weighted by Crippen LogP contribution is 2.19. The van der Waals surface area contributed by atoms with E-state index in [1.165, 1.54) is 11.1 Å². The summed E-state index contributed by atoms with van der Waals surface area (Å²) >= 11 is 0. The fourth-order valence-electron chi connectivity index (χ4n) is 3.06. The molecule has 3 amide bonds. The molecule has 1 fully saturated rings. The fourth-order valence-corrected chi connectivity index (χ4v) is 3.06. The minimum Gasteiger partial charge on any atom is -0.378 e. The minimum absolute atomic E-state index is 0.0267. The molecule has 0 spiro atoms. The third kappa shape index (κ3) is 3.64. The Labute approximate surface area is 136 Å². The zero-order chi connectivity index (χ0) is 16.2. The van der Waals surface area contributed by atoms with Gasteiger partial charge in [0.05, 0.1) is 13.2 Å². The summed E-state index contributed by atoms with van der Waals surface area (Å²) in [6.45, 7) is 5.33. The molecule has 3 rings (SSSR count). The van der Waals surface area contributed by atoms with Gasteiger partial charge in [0.2, 0.25) is 5.91 Å². The first-order chi connectivity index (χ1) is 11.1. The highest BCUT2D eigenvalue weighted by molar-refractivity contribution is 5.87. The summed E-state index contributed by atoms with van der Waals surface area (Å²) in [5.74, 6) is -0.0267. The molecule has 1 aromatic rings. The molecule has 0 aromatic heterocycles. The Morgan fingerprint density at radius 2 is 1.78 bits per heavy atom. The lowest BCUT2D eigenvalue weighted by molar-refractivity contribution is -0.133. The summed E-state index contributed by atoms with van der Waals surface area (Å²) in [7, 11) is 0. The van der Waals surface area contributed by atoms with Crippen molar-refractivity contribution in [1.29, 1.82) is 0 Å². The van der Waals surface area contributed by atoms with Crippen molar-refractivity contribution < 1.29 is 14.3 Å². The molecule has 6 heteroatoms. The maximum absolute atomic E-state index is 12.6. The van der Waals surface area contributed by atoms with Gasteiger partial charge in [-0.05, 0) is 24.5 Å². The molecule has 23 heavy (non-hydrogen) atoms. The summed E-state index contributed by atoms with van der Waals surface area (Å²) in [5.41, 5.74) is 2.50. The van der Waals surface area contributed by atoms with Crippen molar-refractivity contribution in [2.75, 3.05) is 32.8 Å². The number of carbonyl (C=O) groups excluding carboxylic acids is 2. The molecule has 1 saturated heterocycles. The Hall–Kier alpha value is -2.08. The van der Waals surface area contributed by atoms with Crippen LogP contribution < -0.4 is 5.32 Å². The second-order valence-corrected chi connectivity index (χ2v) is 6.05. The van der Waals surface area contributed by atoms with Crippen LogP contribution in [0.4, 0.5) is 4.79 Å². The van der Waals surface area contributed by atoms with Gasteiger partial charge in [-0.3, -0.25) is 4.79 Å². The molecule has 1 atom stereocenters. The quantitative estimate of drug-likeness (QED) is 0.885. The van der Waals surface area contributed by atoms with E-state index in [-0.39, 0.29) is 11.9 Å². The number of nitrogens with one attached hydrogen (secondary N) is 1. The lowest BCUT2D eigenvalue weighted by Gasteiger charge is -2.32. The van der Waals surface area contributed by atoms with Gasteiger partial charge in [0.25, 0.3) is 0 Å². The molecule has 124 valence electrons. The number of urea groups is 1. The molecular formula is C17H23N3O3.